The lowest BCUT2D eigenvalue weighted by atomic mass is 9.84. The number of allylic oxidation sites excluding steroid dienone is 1. The highest BCUT2D eigenvalue weighted by Crippen LogP contribution is 2.30. The van der Waals surface area contributed by atoms with Crippen molar-refractivity contribution in [3.63, 3.8) is 0 Å². The van der Waals surface area contributed by atoms with Crippen molar-refractivity contribution in [3.05, 3.63) is 35.8 Å². The van der Waals surface area contributed by atoms with Gasteiger partial charge in [0.15, 0.2) is 5.76 Å². The van der Waals surface area contributed by atoms with Crippen molar-refractivity contribution in [2.75, 3.05) is 0 Å². The monoisotopic (exact) mass is 633 g/mol. The predicted octanol–water partition coefficient (Wildman–Crippen LogP) is 11.5. The quantitative estimate of drug-likeness (QED) is 0.0281. The lowest BCUT2D eigenvalue weighted by Gasteiger charge is -2.30. The lowest BCUT2D eigenvalue weighted by molar-refractivity contribution is -0.158. The number of unbranched alkanes of at least 4 members (excludes halogenated alkanes) is 11. The van der Waals surface area contributed by atoms with E-state index in [1.807, 2.05) is 0 Å². The molecular weight excluding hydrogens is 564 g/mol. The Bertz CT molecular complexity index is 901. The van der Waals surface area contributed by atoms with Crippen LogP contribution in [0.2, 0.25) is 0 Å². The van der Waals surface area contributed by atoms with Crippen LogP contribution in [0.5, 0.6) is 0 Å². The van der Waals surface area contributed by atoms with Gasteiger partial charge in [0, 0.05) is 17.6 Å². The molecule has 0 aromatic rings. The van der Waals surface area contributed by atoms with Gasteiger partial charge in [0.25, 0.3) is 5.76 Å². The Kier molecular flexibility index (Phi) is 25.4. The average Bonchev–Trinajstić information content (AvgIpc) is 3.01. The average molecular weight is 633 g/mol. The van der Waals surface area contributed by atoms with E-state index in [-0.39, 0.29) is 41.1 Å². The Balaban J connectivity index is 6.16. The van der Waals surface area contributed by atoms with Gasteiger partial charge in [0.05, 0.1) is 0 Å². The first-order valence-electron chi connectivity index (χ1n) is 18.2. The van der Waals surface area contributed by atoms with E-state index in [1.165, 1.54) is 45.4 Å². The third kappa shape index (κ3) is 19.7. The molecule has 0 saturated carbocycles. The molecule has 0 spiro atoms. The van der Waals surface area contributed by atoms with Crippen molar-refractivity contribution in [2.24, 2.45) is 11.8 Å². The third-order valence-corrected chi connectivity index (χ3v) is 8.65. The number of esters is 3. The molecule has 0 heterocycles. The van der Waals surface area contributed by atoms with Crippen LogP contribution in [-0.4, -0.2) is 24.0 Å². The summed E-state index contributed by atoms with van der Waals surface area (Å²) >= 11 is 0. The van der Waals surface area contributed by atoms with Gasteiger partial charge in [-0.3, -0.25) is 0 Å². The number of carbonyl (C=O) groups is 3. The number of hydrogen-bond donors (Lipinski definition) is 0. The molecule has 0 amide bonds. The van der Waals surface area contributed by atoms with E-state index in [9.17, 15) is 14.4 Å². The highest BCUT2D eigenvalue weighted by Gasteiger charge is 2.32. The van der Waals surface area contributed by atoms with Crippen LogP contribution >= 0.6 is 0 Å². The van der Waals surface area contributed by atoms with Crippen LogP contribution < -0.4 is 0 Å². The number of ether oxygens (including phenoxy) is 3. The fraction of sp³-hybridized carbons (Fsp3) is 0.769. The van der Waals surface area contributed by atoms with Crippen molar-refractivity contribution < 1.29 is 28.6 Å². The second-order valence-corrected chi connectivity index (χ2v) is 12.9. The van der Waals surface area contributed by atoms with Crippen LogP contribution in [0.25, 0.3) is 0 Å². The van der Waals surface area contributed by atoms with Gasteiger partial charge in [-0.05, 0) is 51.4 Å². The molecule has 0 bridgehead atoms. The maximum Gasteiger partial charge on any atom is 0.378 e. The van der Waals surface area contributed by atoms with E-state index in [4.69, 9.17) is 14.2 Å². The van der Waals surface area contributed by atoms with E-state index in [0.29, 0.717) is 12.3 Å². The molecule has 3 unspecified atom stereocenters. The molecule has 0 rings (SSSR count). The maximum absolute atomic E-state index is 14.0. The topological polar surface area (TPSA) is 78.9 Å². The minimum Gasteiger partial charge on any atom is -0.456 e. The van der Waals surface area contributed by atoms with Gasteiger partial charge < -0.3 is 14.2 Å². The first-order valence-corrected chi connectivity index (χ1v) is 18.2. The molecule has 0 aliphatic heterocycles. The Hall–Kier alpha value is -2.37. The van der Waals surface area contributed by atoms with Crippen LogP contribution in [0, 0.1) is 11.8 Å². The van der Waals surface area contributed by atoms with Crippen LogP contribution in [-0.2, 0) is 28.6 Å². The van der Waals surface area contributed by atoms with Crippen molar-refractivity contribution >= 4 is 17.9 Å². The number of hydrogen-bond acceptors (Lipinski definition) is 6. The molecule has 45 heavy (non-hydrogen) atoms. The lowest BCUT2D eigenvalue weighted by Crippen LogP contribution is -2.31. The van der Waals surface area contributed by atoms with E-state index in [1.54, 1.807) is 6.92 Å². The van der Waals surface area contributed by atoms with Crippen molar-refractivity contribution in [2.45, 2.75) is 183 Å². The van der Waals surface area contributed by atoms with Crippen LogP contribution in [0.4, 0.5) is 0 Å². The summed E-state index contributed by atoms with van der Waals surface area (Å²) in [7, 11) is 0. The van der Waals surface area contributed by atoms with Crippen molar-refractivity contribution in [1.29, 1.82) is 0 Å². The molecule has 0 fully saturated rings. The number of rotatable bonds is 28. The molecule has 6 nitrogen and oxygen atoms in total. The molecule has 3 atom stereocenters. The normalized spacial score (nSPS) is 13.8. The summed E-state index contributed by atoms with van der Waals surface area (Å²) < 4.78 is 17.6. The molecule has 6 heteroatoms. The molecule has 0 aromatic carbocycles. The van der Waals surface area contributed by atoms with E-state index in [0.717, 1.165) is 77.0 Å². The summed E-state index contributed by atoms with van der Waals surface area (Å²) in [6.45, 7) is 21.4. The molecule has 0 aliphatic rings. The fourth-order valence-corrected chi connectivity index (χ4v) is 5.53. The molecule has 0 aromatic heterocycles. The fourth-order valence-electron chi connectivity index (χ4n) is 5.53. The predicted molar refractivity (Wildman–Crippen MR) is 186 cm³/mol. The van der Waals surface area contributed by atoms with Gasteiger partial charge >= 0.3 is 17.9 Å². The highest BCUT2D eigenvalue weighted by molar-refractivity contribution is 5.95. The zero-order valence-electron chi connectivity index (χ0n) is 30.2. The van der Waals surface area contributed by atoms with Crippen LogP contribution in [0.3, 0.4) is 0 Å². The van der Waals surface area contributed by atoms with E-state index < -0.39 is 17.9 Å². The van der Waals surface area contributed by atoms with Crippen molar-refractivity contribution in [1.82, 2.24) is 0 Å². The minimum atomic E-state index is -0.758. The van der Waals surface area contributed by atoms with Gasteiger partial charge in [0.2, 0.25) is 0 Å². The summed E-state index contributed by atoms with van der Waals surface area (Å²) in [5, 5.41) is 0. The first-order chi connectivity index (χ1) is 21.6. The number of carbonyl (C=O) groups excluding carboxylic acids is 3. The summed E-state index contributed by atoms with van der Waals surface area (Å²) in [4.78, 5) is 39.4. The van der Waals surface area contributed by atoms with Crippen LogP contribution in [0.15, 0.2) is 35.8 Å². The zero-order chi connectivity index (χ0) is 34.0. The Morgan fingerprint density at radius 1 is 0.578 bits per heavy atom. The van der Waals surface area contributed by atoms with Gasteiger partial charge in [-0.2, -0.15) is 0 Å². The first kappa shape index (κ1) is 42.6. The highest BCUT2D eigenvalue weighted by atomic mass is 16.6. The minimum absolute atomic E-state index is 0.0283. The van der Waals surface area contributed by atoms with Crippen molar-refractivity contribution in [3.8, 4) is 0 Å². The summed E-state index contributed by atoms with van der Waals surface area (Å²) in [5.41, 5.74) is 0.334. The summed E-state index contributed by atoms with van der Waals surface area (Å²) in [6.07, 6.45) is 20.4. The van der Waals surface area contributed by atoms with Gasteiger partial charge in [-0.1, -0.05) is 144 Å². The van der Waals surface area contributed by atoms with Gasteiger partial charge in [0.1, 0.15) is 6.10 Å². The maximum atomic E-state index is 14.0. The van der Waals surface area contributed by atoms with Crippen LogP contribution in [0.1, 0.15) is 177 Å². The molecule has 0 N–H and O–H groups in total. The largest absolute Gasteiger partial charge is 0.456 e. The molecule has 0 radical (unpaired) electrons. The van der Waals surface area contributed by atoms with Gasteiger partial charge in [-0.15, -0.1) is 0 Å². The molecular formula is C39H68O6. The SMILES string of the molecule is C=C(C)C(=O)O/C(CCCCCCCCCCCC)=C(/OC(=O)C(=C)C)C(=O)OC(CC(CC)CCCC)C(CC)CCCC. The Labute approximate surface area is 276 Å². The third-order valence-electron chi connectivity index (χ3n) is 8.65. The smallest absolute Gasteiger partial charge is 0.378 e. The summed E-state index contributed by atoms with van der Waals surface area (Å²) in [5.74, 6) is -1.87. The second kappa shape index (κ2) is 26.8. The molecule has 0 saturated heterocycles. The standard InChI is InChI=1S/C39H68O6/c1-10-15-18-19-20-21-22-23-24-25-28-34(43-37(40)30(6)7)36(45-38(41)31(8)9)39(42)44-35(33(14-5)27-17-12-3)29-32(13-4)26-16-11-2/h32-33,35H,6,8,10-29H2,1-5,7,9H3/b36-34+. The zero-order valence-corrected chi connectivity index (χ0v) is 30.2. The van der Waals surface area contributed by atoms with Gasteiger partial charge in [-0.25, -0.2) is 14.4 Å². The second-order valence-electron chi connectivity index (χ2n) is 12.9. The molecule has 260 valence electrons. The molecule has 0 aliphatic carbocycles. The van der Waals surface area contributed by atoms with E-state index in [2.05, 4.69) is 47.8 Å². The van der Waals surface area contributed by atoms with E-state index >= 15 is 0 Å². The Morgan fingerprint density at radius 2 is 1.07 bits per heavy atom. The summed E-state index contributed by atoms with van der Waals surface area (Å²) in [6, 6.07) is 0. The Morgan fingerprint density at radius 3 is 1.56 bits per heavy atom.